The fraction of sp³-hybridized carbons (Fsp3) is 0.533. The van der Waals surface area contributed by atoms with Gasteiger partial charge in [0.25, 0.3) is 0 Å². The van der Waals surface area contributed by atoms with Crippen molar-refractivity contribution in [3.8, 4) is 11.5 Å². The maximum absolute atomic E-state index is 11.7. The number of amides is 1. The van der Waals surface area contributed by atoms with Gasteiger partial charge in [-0.1, -0.05) is 25.4 Å². The average Bonchev–Trinajstić information content (AvgIpc) is 2.46. The molecule has 5 heteroatoms. The maximum atomic E-state index is 11.7. The third-order valence-electron chi connectivity index (χ3n) is 3.43. The zero-order valence-corrected chi connectivity index (χ0v) is 12.6. The molecule has 0 radical (unpaired) electrons. The Morgan fingerprint density at radius 1 is 1.40 bits per heavy atom. The van der Waals surface area contributed by atoms with Crippen LogP contribution in [0.5, 0.6) is 11.5 Å². The van der Waals surface area contributed by atoms with Crippen molar-refractivity contribution >= 4 is 17.5 Å². The average molecular weight is 298 g/mol. The number of ether oxygens (including phenoxy) is 2. The van der Waals surface area contributed by atoms with Crippen LogP contribution in [0.3, 0.4) is 0 Å². The first-order valence-electron chi connectivity index (χ1n) is 6.97. The van der Waals surface area contributed by atoms with Gasteiger partial charge in [0.2, 0.25) is 5.91 Å². The summed E-state index contributed by atoms with van der Waals surface area (Å²) in [5.74, 6) is 1.45. The van der Waals surface area contributed by atoms with Crippen molar-refractivity contribution in [2.75, 3.05) is 19.8 Å². The van der Waals surface area contributed by atoms with E-state index >= 15 is 0 Å². The zero-order chi connectivity index (χ0) is 14.5. The lowest BCUT2D eigenvalue weighted by Gasteiger charge is -2.20. The van der Waals surface area contributed by atoms with Crippen LogP contribution in [0.25, 0.3) is 0 Å². The van der Waals surface area contributed by atoms with Crippen LogP contribution in [0, 0.1) is 5.92 Å². The lowest BCUT2D eigenvalue weighted by Crippen LogP contribution is -2.30. The molecule has 1 aromatic carbocycles. The SMILES string of the molecule is CC[C@@H](C)C(=O)NCCc1cc(Cl)c2c(c1)OCCO2. The Labute approximate surface area is 124 Å². The van der Waals surface area contributed by atoms with Crippen molar-refractivity contribution in [1.82, 2.24) is 5.32 Å². The van der Waals surface area contributed by atoms with Gasteiger partial charge >= 0.3 is 0 Å². The quantitative estimate of drug-likeness (QED) is 0.909. The Morgan fingerprint density at radius 2 is 2.15 bits per heavy atom. The fourth-order valence-electron chi connectivity index (χ4n) is 2.00. The smallest absolute Gasteiger partial charge is 0.222 e. The van der Waals surface area contributed by atoms with E-state index in [1.807, 2.05) is 26.0 Å². The summed E-state index contributed by atoms with van der Waals surface area (Å²) in [5, 5.41) is 3.49. The summed E-state index contributed by atoms with van der Waals surface area (Å²) in [6, 6.07) is 3.79. The molecule has 1 heterocycles. The molecule has 0 spiro atoms. The van der Waals surface area contributed by atoms with Gasteiger partial charge in [-0.25, -0.2) is 0 Å². The summed E-state index contributed by atoms with van der Waals surface area (Å²) in [6.07, 6.45) is 1.57. The summed E-state index contributed by atoms with van der Waals surface area (Å²) in [5.41, 5.74) is 1.03. The molecule has 0 aliphatic carbocycles. The Hall–Kier alpha value is -1.42. The van der Waals surface area contributed by atoms with Gasteiger partial charge in [-0.05, 0) is 30.5 Å². The van der Waals surface area contributed by atoms with Crippen LogP contribution in [-0.2, 0) is 11.2 Å². The number of fused-ring (bicyclic) bond motifs is 1. The van der Waals surface area contributed by atoms with Crippen molar-refractivity contribution < 1.29 is 14.3 Å². The molecule has 1 amide bonds. The van der Waals surface area contributed by atoms with Crippen LogP contribution >= 0.6 is 11.6 Å². The number of benzene rings is 1. The van der Waals surface area contributed by atoms with E-state index in [1.54, 1.807) is 0 Å². The van der Waals surface area contributed by atoms with Gasteiger partial charge in [0, 0.05) is 12.5 Å². The first kappa shape index (κ1) is 15.0. The Balaban J connectivity index is 1.94. The molecule has 1 aromatic rings. The minimum Gasteiger partial charge on any atom is -0.486 e. The van der Waals surface area contributed by atoms with Crippen LogP contribution in [-0.4, -0.2) is 25.7 Å². The highest BCUT2D eigenvalue weighted by Crippen LogP contribution is 2.38. The van der Waals surface area contributed by atoms with E-state index in [4.69, 9.17) is 21.1 Å². The molecule has 4 nitrogen and oxygen atoms in total. The van der Waals surface area contributed by atoms with Crippen LogP contribution < -0.4 is 14.8 Å². The van der Waals surface area contributed by atoms with Crippen molar-refractivity contribution in [3.05, 3.63) is 22.7 Å². The lowest BCUT2D eigenvalue weighted by atomic mass is 10.1. The monoisotopic (exact) mass is 297 g/mol. The van der Waals surface area contributed by atoms with E-state index in [2.05, 4.69) is 5.32 Å². The zero-order valence-electron chi connectivity index (χ0n) is 11.9. The summed E-state index contributed by atoms with van der Waals surface area (Å²) >= 11 is 6.17. The molecule has 0 aromatic heterocycles. The van der Waals surface area contributed by atoms with Crippen molar-refractivity contribution in [2.24, 2.45) is 5.92 Å². The fourth-order valence-corrected chi connectivity index (χ4v) is 2.29. The van der Waals surface area contributed by atoms with Crippen molar-refractivity contribution in [1.29, 1.82) is 0 Å². The predicted octanol–water partition coefficient (Wildman–Crippen LogP) is 2.82. The number of nitrogens with one attached hydrogen (secondary N) is 1. The molecule has 1 aliphatic heterocycles. The second kappa shape index (κ2) is 6.84. The van der Waals surface area contributed by atoms with Gasteiger partial charge in [-0.2, -0.15) is 0 Å². The Bertz CT molecular complexity index is 490. The van der Waals surface area contributed by atoms with Crippen LogP contribution in [0.2, 0.25) is 5.02 Å². The highest BCUT2D eigenvalue weighted by atomic mass is 35.5. The Kier molecular flexibility index (Phi) is 5.12. The van der Waals surface area contributed by atoms with E-state index in [9.17, 15) is 4.79 Å². The molecule has 110 valence electrons. The molecule has 1 aliphatic rings. The second-order valence-electron chi connectivity index (χ2n) is 4.95. The molecule has 0 bridgehead atoms. The minimum atomic E-state index is 0.0545. The second-order valence-corrected chi connectivity index (χ2v) is 5.36. The van der Waals surface area contributed by atoms with Gasteiger partial charge < -0.3 is 14.8 Å². The molecule has 0 saturated heterocycles. The van der Waals surface area contributed by atoms with Gasteiger partial charge in [0.1, 0.15) is 13.2 Å². The largest absolute Gasteiger partial charge is 0.486 e. The Morgan fingerprint density at radius 3 is 2.90 bits per heavy atom. The van der Waals surface area contributed by atoms with Crippen LogP contribution in [0.4, 0.5) is 0 Å². The van der Waals surface area contributed by atoms with Gasteiger partial charge in [-0.3, -0.25) is 4.79 Å². The maximum Gasteiger partial charge on any atom is 0.222 e. The molecule has 1 N–H and O–H groups in total. The third-order valence-corrected chi connectivity index (χ3v) is 3.71. The van der Waals surface area contributed by atoms with E-state index in [-0.39, 0.29) is 11.8 Å². The normalized spacial score (nSPS) is 14.8. The van der Waals surface area contributed by atoms with Crippen molar-refractivity contribution in [2.45, 2.75) is 26.7 Å². The lowest BCUT2D eigenvalue weighted by molar-refractivity contribution is -0.124. The molecular formula is C15H20ClNO3. The number of hydrogen-bond donors (Lipinski definition) is 1. The number of carbonyl (C=O) groups is 1. The molecule has 0 saturated carbocycles. The summed E-state index contributed by atoms with van der Waals surface area (Å²) in [7, 11) is 0. The first-order chi connectivity index (χ1) is 9.61. The predicted molar refractivity (Wildman–Crippen MR) is 78.6 cm³/mol. The standard InChI is InChI=1S/C15H20ClNO3/c1-3-10(2)15(18)17-5-4-11-8-12(16)14-13(9-11)19-6-7-20-14/h8-10H,3-7H2,1-2H3,(H,17,18)/t10-/m1/s1. The van der Waals surface area contributed by atoms with E-state index in [0.717, 1.165) is 18.4 Å². The number of halogens is 1. The highest BCUT2D eigenvalue weighted by molar-refractivity contribution is 6.32. The van der Waals surface area contributed by atoms with E-state index in [0.29, 0.717) is 36.3 Å². The van der Waals surface area contributed by atoms with E-state index < -0.39 is 0 Å². The number of rotatable bonds is 5. The third kappa shape index (κ3) is 3.57. The molecule has 0 fully saturated rings. The molecule has 2 rings (SSSR count). The topological polar surface area (TPSA) is 47.6 Å². The van der Waals surface area contributed by atoms with E-state index in [1.165, 1.54) is 0 Å². The molecule has 1 atom stereocenters. The summed E-state index contributed by atoms with van der Waals surface area (Å²) in [6.45, 7) is 5.59. The van der Waals surface area contributed by atoms with Gasteiger partial charge in [0.05, 0.1) is 5.02 Å². The number of hydrogen-bond acceptors (Lipinski definition) is 3. The summed E-state index contributed by atoms with van der Waals surface area (Å²) < 4.78 is 11.0. The molecular weight excluding hydrogens is 278 g/mol. The van der Waals surface area contributed by atoms with Crippen molar-refractivity contribution in [3.63, 3.8) is 0 Å². The first-order valence-corrected chi connectivity index (χ1v) is 7.35. The van der Waals surface area contributed by atoms with Crippen LogP contribution in [0.1, 0.15) is 25.8 Å². The highest BCUT2D eigenvalue weighted by Gasteiger charge is 2.16. The molecule has 20 heavy (non-hydrogen) atoms. The van der Waals surface area contributed by atoms with Gasteiger partial charge in [0.15, 0.2) is 11.5 Å². The van der Waals surface area contributed by atoms with Crippen LogP contribution in [0.15, 0.2) is 12.1 Å². The summed E-state index contributed by atoms with van der Waals surface area (Å²) in [4.78, 5) is 11.7. The number of carbonyl (C=O) groups excluding carboxylic acids is 1. The van der Waals surface area contributed by atoms with Gasteiger partial charge in [-0.15, -0.1) is 0 Å². The molecule has 0 unspecified atom stereocenters. The minimum absolute atomic E-state index is 0.0545.